The minimum absolute atomic E-state index is 0.0415. The molecule has 0 aliphatic carbocycles. The summed E-state index contributed by atoms with van der Waals surface area (Å²) in [5, 5.41) is 4.21. The Labute approximate surface area is 152 Å². The number of nitrogens with zero attached hydrogens (tertiary/aromatic N) is 4. The van der Waals surface area contributed by atoms with E-state index in [0.717, 1.165) is 42.2 Å². The summed E-state index contributed by atoms with van der Waals surface area (Å²) in [6, 6.07) is 7.96. The van der Waals surface area contributed by atoms with E-state index < -0.39 is 0 Å². The molecule has 0 aromatic carbocycles. The Hall–Kier alpha value is -2.63. The first kappa shape index (κ1) is 16.8. The Morgan fingerprint density at radius 1 is 1.38 bits per heavy atom. The summed E-state index contributed by atoms with van der Waals surface area (Å²) in [5.41, 5.74) is 2.74. The maximum atomic E-state index is 12.8. The Bertz CT molecular complexity index is 878. The van der Waals surface area contributed by atoms with Crippen LogP contribution in [0.3, 0.4) is 0 Å². The average Bonchev–Trinajstić information content (AvgIpc) is 3.37. The largest absolute Gasteiger partial charge is 0.361 e. The lowest BCUT2D eigenvalue weighted by Crippen LogP contribution is -2.30. The van der Waals surface area contributed by atoms with Crippen LogP contribution in [0.25, 0.3) is 5.65 Å². The fraction of sp³-hybridized carbons (Fsp3) is 0.450. The van der Waals surface area contributed by atoms with Gasteiger partial charge in [0.2, 0.25) is 5.91 Å². The summed E-state index contributed by atoms with van der Waals surface area (Å²) < 4.78 is 7.42. The standard InChI is InChI=1S/C20H24N4O2/c1-14(2)18-12-16(22-26-18)17-6-5-11-24(17)20(25)9-8-15-13-23-10-4-3-7-19(23)21-15/h3-4,7,10,12-14,17H,5-6,8-9,11H2,1-2H3/t17-/m0/s1. The number of likely N-dealkylation sites (tertiary alicyclic amines) is 1. The van der Waals surface area contributed by atoms with Crippen molar-refractivity contribution in [1.29, 1.82) is 0 Å². The van der Waals surface area contributed by atoms with Crippen LogP contribution < -0.4 is 0 Å². The lowest BCUT2D eigenvalue weighted by atomic mass is 10.1. The quantitative estimate of drug-likeness (QED) is 0.702. The number of hydrogen-bond acceptors (Lipinski definition) is 4. The third kappa shape index (κ3) is 3.23. The molecule has 6 nitrogen and oxygen atoms in total. The molecule has 4 heterocycles. The second-order valence-corrected chi connectivity index (χ2v) is 7.25. The molecule has 6 heteroatoms. The SMILES string of the molecule is CC(C)c1cc([C@@H]2CCCN2C(=O)CCc2cn3ccccc3n2)no1. The lowest BCUT2D eigenvalue weighted by molar-refractivity contribution is -0.132. The topological polar surface area (TPSA) is 63.6 Å². The third-order valence-electron chi connectivity index (χ3n) is 5.04. The average molecular weight is 352 g/mol. The second kappa shape index (κ2) is 6.94. The van der Waals surface area contributed by atoms with Crippen LogP contribution in [0.15, 0.2) is 41.2 Å². The lowest BCUT2D eigenvalue weighted by Gasteiger charge is -2.22. The molecule has 0 saturated carbocycles. The van der Waals surface area contributed by atoms with Crippen LogP contribution in [0.5, 0.6) is 0 Å². The Kier molecular flexibility index (Phi) is 4.49. The summed E-state index contributed by atoms with van der Waals surface area (Å²) in [5.74, 6) is 1.35. The molecule has 3 aromatic rings. The molecule has 0 bridgehead atoms. The van der Waals surface area contributed by atoms with Gasteiger partial charge in [0, 0.05) is 37.3 Å². The fourth-order valence-electron chi connectivity index (χ4n) is 3.59. The molecule has 26 heavy (non-hydrogen) atoms. The molecule has 0 spiro atoms. The molecule has 4 rings (SSSR count). The minimum atomic E-state index is 0.0415. The molecule has 1 aliphatic heterocycles. The monoisotopic (exact) mass is 352 g/mol. The maximum absolute atomic E-state index is 12.8. The summed E-state index contributed by atoms with van der Waals surface area (Å²) >= 11 is 0. The molecule has 0 radical (unpaired) electrons. The van der Waals surface area contributed by atoms with Gasteiger partial charge in [-0.3, -0.25) is 4.79 Å². The molecule has 136 valence electrons. The van der Waals surface area contributed by atoms with Gasteiger partial charge in [-0.15, -0.1) is 0 Å². The van der Waals surface area contributed by atoms with Gasteiger partial charge in [0.25, 0.3) is 0 Å². The van der Waals surface area contributed by atoms with Gasteiger partial charge < -0.3 is 13.8 Å². The molecule has 1 fully saturated rings. The van der Waals surface area contributed by atoms with Crippen molar-refractivity contribution in [3.8, 4) is 0 Å². The summed E-state index contributed by atoms with van der Waals surface area (Å²) in [6.45, 7) is 4.95. The third-order valence-corrected chi connectivity index (χ3v) is 5.04. The highest BCUT2D eigenvalue weighted by Gasteiger charge is 2.32. The normalized spacial score (nSPS) is 17.5. The Morgan fingerprint density at radius 2 is 2.27 bits per heavy atom. The molecule has 1 saturated heterocycles. The van der Waals surface area contributed by atoms with Crippen LogP contribution in [0.4, 0.5) is 0 Å². The number of carbonyl (C=O) groups excluding carboxylic acids is 1. The van der Waals surface area contributed by atoms with E-state index in [1.54, 1.807) is 0 Å². The van der Waals surface area contributed by atoms with Gasteiger partial charge in [-0.2, -0.15) is 0 Å². The van der Waals surface area contributed by atoms with Crippen LogP contribution in [0.1, 0.15) is 62.2 Å². The van der Waals surface area contributed by atoms with E-state index in [2.05, 4.69) is 24.0 Å². The van der Waals surface area contributed by atoms with Gasteiger partial charge >= 0.3 is 0 Å². The number of amides is 1. The molecular weight excluding hydrogens is 328 g/mol. The zero-order chi connectivity index (χ0) is 18.1. The smallest absolute Gasteiger partial charge is 0.223 e. The van der Waals surface area contributed by atoms with Crippen LogP contribution in [0.2, 0.25) is 0 Å². The number of pyridine rings is 1. The molecule has 3 aromatic heterocycles. The summed E-state index contributed by atoms with van der Waals surface area (Å²) in [4.78, 5) is 19.3. The predicted molar refractivity (Wildman–Crippen MR) is 97.8 cm³/mol. The van der Waals surface area contributed by atoms with Gasteiger partial charge in [-0.25, -0.2) is 4.98 Å². The van der Waals surface area contributed by atoms with Crippen molar-refractivity contribution in [2.75, 3.05) is 6.54 Å². The number of carbonyl (C=O) groups is 1. The first-order chi connectivity index (χ1) is 12.6. The number of rotatable bonds is 5. The van der Waals surface area contributed by atoms with Gasteiger partial charge in [-0.05, 0) is 31.4 Å². The minimum Gasteiger partial charge on any atom is -0.361 e. The van der Waals surface area contributed by atoms with Gasteiger partial charge in [0.1, 0.15) is 17.1 Å². The Morgan fingerprint density at radius 3 is 3.04 bits per heavy atom. The first-order valence-electron chi connectivity index (χ1n) is 9.30. The van der Waals surface area contributed by atoms with E-state index in [0.29, 0.717) is 18.8 Å². The van der Waals surface area contributed by atoms with E-state index in [1.165, 1.54) is 0 Å². The molecular formula is C20H24N4O2. The summed E-state index contributed by atoms with van der Waals surface area (Å²) in [7, 11) is 0. The van der Waals surface area contributed by atoms with Crippen molar-refractivity contribution in [1.82, 2.24) is 19.4 Å². The van der Waals surface area contributed by atoms with E-state index in [-0.39, 0.29) is 11.9 Å². The van der Waals surface area contributed by atoms with Crippen LogP contribution in [-0.4, -0.2) is 31.9 Å². The van der Waals surface area contributed by atoms with E-state index in [9.17, 15) is 4.79 Å². The summed E-state index contributed by atoms with van der Waals surface area (Å²) in [6.07, 6.45) is 7.05. The van der Waals surface area contributed by atoms with E-state index in [1.807, 2.05) is 46.0 Å². The highest BCUT2D eigenvalue weighted by Crippen LogP contribution is 2.33. The Balaban J connectivity index is 1.42. The van der Waals surface area contributed by atoms with Gasteiger partial charge in [0.15, 0.2) is 0 Å². The predicted octanol–water partition coefficient (Wildman–Crippen LogP) is 3.74. The van der Waals surface area contributed by atoms with Crippen LogP contribution in [-0.2, 0) is 11.2 Å². The zero-order valence-corrected chi connectivity index (χ0v) is 15.3. The molecule has 0 unspecified atom stereocenters. The van der Waals surface area contributed by atoms with E-state index >= 15 is 0 Å². The van der Waals surface area contributed by atoms with Gasteiger partial charge in [-0.1, -0.05) is 25.1 Å². The molecule has 1 aliphatic rings. The number of fused-ring (bicyclic) bond motifs is 1. The molecule has 0 N–H and O–H groups in total. The van der Waals surface area contributed by atoms with Crippen LogP contribution in [0, 0.1) is 0 Å². The second-order valence-electron chi connectivity index (χ2n) is 7.25. The van der Waals surface area contributed by atoms with Gasteiger partial charge in [0.05, 0.1) is 11.7 Å². The van der Waals surface area contributed by atoms with Crippen molar-refractivity contribution in [2.45, 2.75) is 51.5 Å². The maximum Gasteiger partial charge on any atom is 0.223 e. The van der Waals surface area contributed by atoms with E-state index in [4.69, 9.17) is 4.52 Å². The van der Waals surface area contributed by atoms with Crippen molar-refractivity contribution >= 4 is 11.6 Å². The highest BCUT2D eigenvalue weighted by atomic mass is 16.5. The number of imidazole rings is 1. The van der Waals surface area contributed by atoms with Crippen molar-refractivity contribution in [2.24, 2.45) is 0 Å². The van der Waals surface area contributed by atoms with Crippen molar-refractivity contribution in [3.63, 3.8) is 0 Å². The highest BCUT2D eigenvalue weighted by molar-refractivity contribution is 5.77. The molecule has 1 atom stereocenters. The van der Waals surface area contributed by atoms with Crippen molar-refractivity contribution < 1.29 is 9.32 Å². The molecule has 1 amide bonds. The number of hydrogen-bond donors (Lipinski definition) is 0. The zero-order valence-electron chi connectivity index (χ0n) is 15.3. The number of aryl methyl sites for hydroxylation is 1. The fourth-order valence-corrected chi connectivity index (χ4v) is 3.59. The number of aromatic nitrogens is 3. The van der Waals surface area contributed by atoms with Crippen molar-refractivity contribution in [3.05, 3.63) is 53.8 Å². The van der Waals surface area contributed by atoms with Crippen LogP contribution >= 0.6 is 0 Å². The first-order valence-corrected chi connectivity index (χ1v) is 9.30.